The topological polar surface area (TPSA) is 47.3 Å². The highest BCUT2D eigenvalue weighted by molar-refractivity contribution is 6.39. The largest absolute Gasteiger partial charge is 0.492 e. The standard InChI is InChI=1S/C14H13Cl2FN2O/c1-2-20-12-5-3-4-11(13(12)18)19-14-9(15)6-8(17)7-10(14)16/h3-7,19H,2,18H2,1H3. The van der Waals surface area contributed by atoms with Crippen molar-refractivity contribution in [2.45, 2.75) is 6.92 Å². The van der Waals surface area contributed by atoms with E-state index in [0.29, 0.717) is 29.4 Å². The highest BCUT2D eigenvalue weighted by atomic mass is 35.5. The van der Waals surface area contributed by atoms with Crippen molar-refractivity contribution in [1.29, 1.82) is 0 Å². The Hall–Kier alpha value is -1.65. The molecule has 2 aromatic rings. The van der Waals surface area contributed by atoms with Crippen molar-refractivity contribution >= 4 is 40.3 Å². The van der Waals surface area contributed by atoms with E-state index in [2.05, 4.69) is 5.32 Å². The van der Waals surface area contributed by atoms with Crippen LogP contribution in [0, 0.1) is 5.82 Å². The molecule has 20 heavy (non-hydrogen) atoms. The molecule has 0 aliphatic rings. The summed E-state index contributed by atoms with van der Waals surface area (Å²) >= 11 is 12.0. The average molecular weight is 315 g/mol. The number of para-hydroxylation sites is 1. The molecule has 106 valence electrons. The Morgan fingerprint density at radius 3 is 2.50 bits per heavy atom. The first-order valence-corrected chi connectivity index (χ1v) is 6.71. The van der Waals surface area contributed by atoms with Crippen LogP contribution in [0.15, 0.2) is 30.3 Å². The van der Waals surface area contributed by atoms with Crippen LogP contribution < -0.4 is 15.8 Å². The molecule has 0 heterocycles. The van der Waals surface area contributed by atoms with E-state index in [0.717, 1.165) is 0 Å². The Kier molecular flexibility index (Phi) is 4.57. The van der Waals surface area contributed by atoms with Crippen molar-refractivity contribution in [3.8, 4) is 5.75 Å². The summed E-state index contributed by atoms with van der Waals surface area (Å²) in [4.78, 5) is 0. The van der Waals surface area contributed by atoms with E-state index in [4.69, 9.17) is 33.7 Å². The third-order valence-corrected chi connectivity index (χ3v) is 3.23. The second-order valence-corrected chi connectivity index (χ2v) is 4.83. The zero-order valence-corrected chi connectivity index (χ0v) is 12.2. The number of hydrogen-bond donors (Lipinski definition) is 2. The van der Waals surface area contributed by atoms with Crippen LogP contribution in [0.5, 0.6) is 5.75 Å². The van der Waals surface area contributed by atoms with Crippen LogP contribution >= 0.6 is 23.2 Å². The third kappa shape index (κ3) is 3.08. The molecule has 0 fully saturated rings. The van der Waals surface area contributed by atoms with E-state index in [9.17, 15) is 4.39 Å². The van der Waals surface area contributed by atoms with Crippen molar-refractivity contribution in [3.63, 3.8) is 0 Å². The lowest BCUT2D eigenvalue weighted by molar-refractivity contribution is 0.342. The van der Waals surface area contributed by atoms with Gasteiger partial charge in [0.05, 0.1) is 33.7 Å². The number of anilines is 3. The number of rotatable bonds is 4. The highest BCUT2D eigenvalue weighted by Crippen LogP contribution is 2.37. The van der Waals surface area contributed by atoms with Crippen molar-refractivity contribution in [2.75, 3.05) is 17.7 Å². The zero-order chi connectivity index (χ0) is 14.7. The number of halogens is 3. The summed E-state index contributed by atoms with van der Waals surface area (Å²) in [5.74, 6) is 0.0634. The van der Waals surface area contributed by atoms with Gasteiger partial charge in [-0.15, -0.1) is 0 Å². The summed E-state index contributed by atoms with van der Waals surface area (Å²) in [6, 6.07) is 7.66. The number of benzene rings is 2. The Bertz CT molecular complexity index is 612. The summed E-state index contributed by atoms with van der Waals surface area (Å²) in [5.41, 5.74) is 7.42. The average Bonchev–Trinajstić information content (AvgIpc) is 2.38. The van der Waals surface area contributed by atoms with Gasteiger partial charge in [-0.05, 0) is 31.2 Å². The van der Waals surface area contributed by atoms with Crippen LogP contribution in [-0.4, -0.2) is 6.61 Å². The van der Waals surface area contributed by atoms with Crippen LogP contribution in [0.1, 0.15) is 6.92 Å². The molecule has 0 saturated heterocycles. The first kappa shape index (κ1) is 14.8. The second-order valence-electron chi connectivity index (χ2n) is 4.02. The molecule has 0 bridgehead atoms. The van der Waals surface area contributed by atoms with E-state index in [1.165, 1.54) is 12.1 Å². The van der Waals surface area contributed by atoms with Gasteiger partial charge < -0.3 is 15.8 Å². The van der Waals surface area contributed by atoms with E-state index in [-0.39, 0.29) is 10.0 Å². The van der Waals surface area contributed by atoms with Crippen molar-refractivity contribution in [3.05, 3.63) is 46.2 Å². The van der Waals surface area contributed by atoms with E-state index < -0.39 is 5.82 Å². The summed E-state index contributed by atoms with van der Waals surface area (Å²) in [5, 5.41) is 3.35. The van der Waals surface area contributed by atoms with Gasteiger partial charge in [-0.25, -0.2) is 4.39 Å². The van der Waals surface area contributed by atoms with Crippen molar-refractivity contribution in [1.82, 2.24) is 0 Å². The van der Waals surface area contributed by atoms with Gasteiger partial charge in [0, 0.05) is 0 Å². The van der Waals surface area contributed by atoms with Gasteiger partial charge in [0.2, 0.25) is 0 Å². The molecule has 0 aliphatic heterocycles. The monoisotopic (exact) mass is 314 g/mol. The van der Waals surface area contributed by atoms with Crippen LogP contribution in [0.2, 0.25) is 10.0 Å². The quantitative estimate of drug-likeness (QED) is 0.792. The lowest BCUT2D eigenvalue weighted by Gasteiger charge is -2.15. The number of ether oxygens (including phenoxy) is 1. The van der Waals surface area contributed by atoms with Gasteiger partial charge in [-0.3, -0.25) is 0 Å². The van der Waals surface area contributed by atoms with E-state index in [1.807, 2.05) is 6.92 Å². The minimum absolute atomic E-state index is 0.177. The Morgan fingerprint density at radius 1 is 1.25 bits per heavy atom. The van der Waals surface area contributed by atoms with Crippen molar-refractivity contribution in [2.24, 2.45) is 0 Å². The maximum Gasteiger partial charge on any atom is 0.144 e. The maximum absolute atomic E-state index is 13.1. The van der Waals surface area contributed by atoms with Crippen LogP contribution in [0.4, 0.5) is 21.5 Å². The number of nitrogens with one attached hydrogen (secondary N) is 1. The minimum atomic E-state index is -0.499. The predicted molar refractivity (Wildman–Crippen MR) is 81.7 cm³/mol. The minimum Gasteiger partial charge on any atom is -0.492 e. The van der Waals surface area contributed by atoms with E-state index in [1.54, 1.807) is 18.2 Å². The molecular weight excluding hydrogens is 302 g/mol. The molecule has 0 radical (unpaired) electrons. The third-order valence-electron chi connectivity index (χ3n) is 2.63. The molecule has 3 N–H and O–H groups in total. The SMILES string of the molecule is CCOc1cccc(Nc2c(Cl)cc(F)cc2Cl)c1N. The number of hydrogen-bond acceptors (Lipinski definition) is 3. The van der Waals surface area contributed by atoms with Gasteiger partial charge >= 0.3 is 0 Å². The number of nitrogen functional groups attached to an aromatic ring is 1. The number of nitrogens with two attached hydrogens (primary N) is 1. The lowest BCUT2D eigenvalue weighted by atomic mass is 10.2. The first-order valence-electron chi connectivity index (χ1n) is 5.95. The lowest BCUT2D eigenvalue weighted by Crippen LogP contribution is -2.01. The summed E-state index contributed by atoms with van der Waals surface area (Å²) < 4.78 is 18.6. The fourth-order valence-corrected chi connectivity index (χ4v) is 2.29. The highest BCUT2D eigenvalue weighted by Gasteiger charge is 2.12. The Morgan fingerprint density at radius 2 is 1.90 bits per heavy atom. The van der Waals surface area contributed by atoms with Crippen LogP contribution in [-0.2, 0) is 0 Å². The van der Waals surface area contributed by atoms with Crippen molar-refractivity contribution < 1.29 is 9.13 Å². The van der Waals surface area contributed by atoms with Crippen LogP contribution in [0.3, 0.4) is 0 Å². The molecule has 0 aromatic heterocycles. The fourth-order valence-electron chi connectivity index (χ4n) is 1.73. The van der Waals surface area contributed by atoms with Gasteiger partial charge in [0.25, 0.3) is 0 Å². The normalized spacial score (nSPS) is 10.4. The molecule has 0 aliphatic carbocycles. The van der Waals surface area contributed by atoms with Gasteiger partial charge in [0.15, 0.2) is 0 Å². The summed E-state index contributed by atoms with van der Waals surface area (Å²) in [6.07, 6.45) is 0. The second kappa shape index (κ2) is 6.20. The summed E-state index contributed by atoms with van der Waals surface area (Å²) in [7, 11) is 0. The molecule has 0 saturated carbocycles. The van der Waals surface area contributed by atoms with Gasteiger partial charge in [-0.1, -0.05) is 29.3 Å². The summed E-state index contributed by atoms with van der Waals surface area (Å²) in [6.45, 7) is 2.37. The molecule has 2 rings (SSSR count). The predicted octanol–water partition coefficient (Wildman–Crippen LogP) is 4.86. The van der Waals surface area contributed by atoms with Gasteiger partial charge in [0.1, 0.15) is 11.6 Å². The maximum atomic E-state index is 13.1. The zero-order valence-electron chi connectivity index (χ0n) is 10.7. The molecule has 0 spiro atoms. The Balaban J connectivity index is 2.38. The fraction of sp³-hybridized carbons (Fsp3) is 0.143. The molecule has 6 heteroatoms. The molecule has 0 amide bonds. The molecule has 0 atom stereocenters. The molecular formula is C14H13Cl2FN2O. The smallest absolute Gasteiger partial charge is 0.144 e. The molecule has 0 unspecified atom stereocenters. The van der Waals surface area contributed by atoms with Gasteiger partial charge in [-0.2, -0.15) is 0 Å². The first-order chi connectivity index (χ1) is 9.52. The van der Waals surface area contributed by atoms with E-state index >= 15 is 0 Å². The van der Waals surface area contributed by atoms with Crippen LogP contribution in [0.25, 0.3) is 0 Å². The Labute approximate surface area is 126 Å². The molecule has 3 nitrogen and oxygen atoms in total. The molecule has 2 aromatic carbocycles.